The Bertz CT molecular complexity index is 545. The quantitative estimate of drug-likeness (QED) is 0.765. The molecule has 6 heteroatoms. The maximum absolute atomic E-state index is 13.0. The first-order chi connectivity index (χ1) is 9.74. The first kappa shape index (κ1) is 14.6. The van der Waals surface area contributed by atoms with E-state index in [9.17, 15) is 9.18 Å². The van der Waals surface area contributed by atoms with Crippen LogP contribution in [0.3, 0.4) is 0 Å². The lowest BCUT2D eigenvalue weighted by atomic mass is 10.1. The van der Waals surface area contributed by atoms with Gasteiger partial charge in [-0.2, -0.15) is 0 Å². The molecule has 1 aromatic heterocycles. The van der Waals surface area contributed by atoms with E-state index in [-0.39, 0.29) is 18.1 Å². The first-order valence-electron chi connectivity index (χ1n) is 6.33. The Balaban J connectivity index is 1.60. The number of aromatic nitrogens is 1. The molecule has 0 atom stereocenters. The van der Waals surface area contributed by atoms with Gasteiger partial charge in [-0.3, -0.25) is 4.79 Å². The van der Waals surface area contributed by atoms with Crippen LogP contribution in [0, 0.1) is 5.82 Å². The van der Waals surface area contributed by atoms with Crippen molar-refractivity contribution in [2.45, 2.75) is 13.0 Å². The molecule has 0 aliphatic heterocycles. The van der Waals surface area contributed by atoms with E-state index in [0.717, 1.165) is 5.69 Å². The Kier molecular flexibility index (Phi) is 5.64. The Morgan fingerprint density at radius 3 is 3.00 bits per heavy atom. The van der Waals surface area contributed by atoms with E-state index in [1.54, 1.807) is 29.0 Å². The van der Waals surface area contributed by atoms with Gasteiger partial charge in [-0.15, -0.1) is 11.3 Å². The van der Waals surface area contributed by atoms with Gasteiger partial charge in [0, 0.05) is 25.0 Å². The van der Waals surface area contributed by atoms with E-state index >= 15 is 0 Å². The number of carbonyl (C=O) groups excluding carboxylic acids is 1. The summed E-state index contributed by atoms with van der Waals surface area (Å²) >= 11 is 1.56. The monoisotopic (exact) mass is 293 g/mol. The lowest BCUT2D eigenvalue weighted by molar-refractivity contribution is -0.120. The fourth-order valence-corrected chi connectivity index (χ4v) is 2.28. The van der Waals surface area contributed by atoms with Crippen LogP contribution < -0.4 is 10.6 Å². The van der Waals surface area contributed by atoms with Crippen LogP contribution in [0.1, 0.15) is 11.3 Å². The van der Waals surface area contributed by atoms with Gasteiger partial charge in [0.15, 0.2) is 0 Å². The van der Waals surface area contributed by atoms with Gasteiger partial charge in [0.05, 0.1) is 17.6 Å². The molecule has 2 aromatic rings. The standard InChI is InChI=1S/C14H16FN3OS/c15-12-3-1-2-11(6-12)7-14(19)17-5-4-16-8-13-9-20-10-18-13/h1-3,6,9-10,16H,4-5,7-8H2,(H,17,19). The molecule has 4 nitrogen and oxygen atoms in total. The number of amides is 1. The van der Waals surface area contributed by atoms with Crippen molar-refractivity contribution in [1.29, 1.82) is 0 Å². The number of thiazole rings is 1. The Labute approximate surface area is 121 Å². The number of carbonyl (C=O) groups is 1. The van der Waals surface area contributed by atoms with Gasteiger partial charge in [-0.25, -0.2) is 9.37 Å². The molecule has 1 aromatic carbocycles. The van der Waals surface area contributed by atoms with Crippen LogP contribution in [0.4, 0.5) is 4.39 Å². The zero-order valence-corrected chi connectivity index (χ0v) is 11.8. The molecule has 2 rings (SSSR count). The summed E-state index contributed by atoms with van der Waals surface area (Å²) in [4.78, 5) is 15.8. The molecule has 1 amide bonds. The second-order valence-electron chi connectivity index (χ2n) is 4.31. The highest BCUT2D eigenvalue weighted by atomic mass is 32.1. The molecule has 0 fully saturated rings. The van der Waals surface area contributed by atoms with E-state index in [0.29, 0.717) is 25.2 Å². The second-order valence-corrected chi connectivity index (χ2v) is 5.03. The molecule has 20 heavy (non-hydrogen) atoms. The van der Waals surface area contributed by atoms with Crippen LogP contribution in [0.5, 0.6) is 0 Å². The van der Waals surface area contributed by atoms with Crippen LogP contribution in [0.25, 0.3) is 0 Å². The van der Waals surface area contributed by atoms with Crippen LogP contribution in [-0.2, 0) is 17.8 Å². The van der Waals surface area contributed by atoms with Gasteiger partial charge in [0.1, 0.15) is 5.82 Å². The van der Waals surface area contributed by atoms with Crippen molar-refractivity contribution >= 4 is 17.2 Å². The Morgan fingerprint density at radius 2 is 2.25 bits per heavy atom. The molecule has 0 aliphatic carbocycles. The molecular formula is C14H16FN3OS. The van der Waals surface area contributed by atoms with Crippen molar-refractivity contribution in [2.75, 3.05) is 13.1 Å². The number of hydrogen-bond acceptors (Lipinski definition) is 4. The molecule has 0 radical (unpaired) electrons. The summed E-state index contributed by atoms with van der Waals surface area (Å²) in [6, 6.07) is 6.08. The Hall–Kier alpha value is -1.79. The average molecular weight is 293 g/mol. The number of hydrogen-bond donors (Lipinski definition) is 2. The van der Waals surface area contributed by atoms with Crippen LogP contribution >= 0.6 is 11.3 Å². The van der Waals surface area contributed by atoms with Gasteiger partial charge in [-0.1, -0.05) is 12.1 Å². The number of halogens is 1. The van der Waals surface area contributed by atoms with Gasteiger partial charge in [0.25, 0.3) is 0 Å². The van der Waals surface area contributed by atoms with Gasteiger partial charge >= 0.3 is 0 Å². The minimum Gasteiger partial charge on any atom is -0.355 e. The molecule has 1 heterocycles. The molecule has 2 N–H and O–H groups in total. The fourth-order valence-electron chi connectivity index (χ4n) is 1.73. The first-order valence-corrected chi connectivity index (χ1v) is 7.27. The van der Waals surface area contributed by atoms with E-state index in [1.165, 1.54) is 12.1 Å². The minimum absolute atomic E-state index is 0.106. The van der Waals surface area contributed by atoms with Crippen molar-refractivity contribution < 1.29 is 9.18 Å². The van der Waals surface area contributed by atoms with Crippen LogP contribution in [-0.4, -0.2) is 24.0 Å². The number of benzene rings is 1. The normalized spacial score (nSPS) is 10.4. The van der Waals surface area contributed by atoms with Crippen molar-refractivity contribution in [3.63, 3.8) is 0 Å². The second kappa shape index (κ2) is 7.72. The van der Waals surface area contributed by atoms with Crippen LogP contribution in [0.2, 0.25) is 0 Å². The lowest BCUT2D eigenvalue weighted by Crippen LogP contribution is -2.32. The number of rotatable bonds is 7. The molecule has 0 saturated carbocycles. The van der Waals surface area contributed by atoms with E-state index in [4.69, 9.17) is 0 Å². The van der Waals surface area contributed by atoms with Crippen molar-refractivity contribution in [3.05, 3.63) is 52.2 Å². The molecule has 0 spiro atoms. The molecule has 106 valence electrons. The van der Waals surface area contributed by atoms with Crippen molar-refractivity contribution in [2.24, 2.45) is 0 Å². The average Bonchev–Trinajstić information content (AvgIpc) is 2.91. The zero-order chi connectivity index (χ0) is 14.2. The highest BCUT2D eigenvalue weighted by Gasteiger charge is 2.03. The highest BCUT2D eigenvalue weighted by Crippen LogP contribution is 2.04. The van der Waals surface area contributed by atoms with E-state index in [2.05, 4.69) is 15.6 Å². The molecule has 0 aliphatic rings. The summed E-state index contributed by atoms with van der Waals surface area (Å²) < 4.78 is 13.0. The third-order valence-corrected chi connectivity index (χ3v) is 3.30. The molecular weight excluding hydrogens is 277 g/mol. The predicted molar refractivity (Wildman–Crippen MR) is 76.9 cm³/mol. The topological polar surface area (TPSA) is 54.0 Å². The predicted octanol–water partition coefficient (Wildman–Crippen LogP) is 1.73. The molecule has 0 unspecified atom stereocenters. The SMILES string of the molecule is O=C(Cc1cccc(F)c1)NCCNCc1cscn1. The summed E-state index contributed by atoms with van der Waals surface area (Å²) in [6.07, 6.45) is 0.198. The fraction of sp³-hybridized carbons (Fsp3) is 0.286. The van der Waals surface area contributed by atoms with Crippen molar-refractivity contribution in [1.82, 2.24) is 15.6 Å². The maximum Gasteiger partial charge on any atom is 0.224 e. The summed E-state index contributed by atoms with van der Waals surface area (Å²) in [5.41, 5.74) is 3.47. The van der Waals surface area contributed by atoms with Gasteiger partial charge in [-0.05, 0) is 17.7 Å². The van der Waals surface area contributed by atoms with Crippen LogP contribution in [0.15, 0.2) is 35.2 Å². The largest absolute Gasteiger partial charge is 0.355 e. The number of nitrogens with zero attached hydrogens (tertiary/aromatic N) is 1. The summed E-state index contributed by atoms with van der Waals surface area (Å²) in [5, 5.41) is 7.96. The lowest BCUT2D eigenvalue weighted by Gasteiger charge is -2.06. The minimum atomic E-state index is -0.319. The Morgan fingerprint density at radius 1 is 1.35 bits per heavy atom. The molecule has 0 bridgehead atoms. The van der Waals surface area contributed by atoms with Gasteiger partial charge < -0.3 is 10.6 Å². The highest BCUT2D eigenvalue weighted by molar-refractivity contribution is 7.07. The third kappa shape index (κ3) is 5.07. The van der Waals surface area contributed by atoms with E-state index in [1.807, 2.05) is 5.38 Å². The summed E-state index contributed by atoms with van der Waals surface area (Å²) in [7, 11) is 0. The number of nitrogens with one attached hydrogen (secondary N) is 2. The summed E-state index contributed by atoms with van der Waals surface area (Å²) in [6.45, 7) is 1.91. The maximum atomic E-state index is 13.0. The van der Waals surface area contributed by atoms with Gasteiger partial charge in [0.2, 0.25) is 5.91 Å². The summed E-state index contributed by atoms with van der Waals surface area (Å²) in [5.74, 6) is -0.425. The zero-order valence-electron chi connectivity index (χ0n) is 10.9. The molecule has 0 saturated heterocycles. The smallest absolute Gasteiger partial charge is 0.224 e. The third-order valence-electron chi connectivity index (χ3n) is 2.67. The van der Waals surface area contributed by atoms with Crippen molar-refractivity contribution in [3.8, 4) is 0 Å². The van der Waals surface area contributed by atoms with E-state index < -0.39 is 0 Å².